The average Bonchev–Trinajstić information content (AvgIpc) is 2.94. The van der Waals surface area contributed by atoms with Crippen molar-refractivity contribution in [2.75, 3.05) is 12.4 Å². The predicted octanol–water partition coefficient (Wildman–Crippen LogP) is 4.16. The van der Waals surface area contributed by atoms with E-state index in [2.05, 4.69) is 16.8 Å². The number of carbonyl (C=O) groups excluding carboxylic acids is 2. The van der Waals surface area contributed by atoms with Crippen molar-refractivity contribution < 1.29 is 14.3 Å². The highest BCUT2D eigenvalue weighted by molar-refractivity contribution is 6.10. The molecular formula is C22H25N3O3. The van der Waals surface area contributed by atoms with E-state index in [4.69, 9.17) is 4.74 Å². The van der Waals surface area contributed by atoms with Crippen LogP contribution in [0.1, 0.15) is 46.2 Å². The lowest BCUT2D eigenvalue weighted by Crippen LogP contribution is -2.14. The van der Waals surface area contributed by atoms with Gasteiger partial charge in [0.1, 0.15) is 11.6 Å². The number of rotatable bonds is 6. The molecule has 2 aromatic rings. The SMILES string of the molecule is CCCn1c(C)cc(/C=C(\C#N)C(=O)Nc2ccc(C(=O)OC)cc2C)c1C. The first-order valence-corrected chi connectivity index (χ1v) is 9.11. The van der Waals surface area contributed by atoms with Gasteiger partial charge in [-0.1, -0.05) is 6.92 Å². The molecular weight excluding hydrogens is 354 g/mol. The van der Waals surface area contributed by atoms with Crippen LogP contribution in [0.2, 0.25) is 0 Å². The van der Waals surface area contributed by atoms with E-state index >= 15 is 0 Å². The highest BCUT2D eigenvalue weighted by atomic mass is 16.5. The molecule has 1 aromatic carbocycles. The summed E-state index contributed by atoms with van der Waals surface area (Å²) in [7, 11) is 1.31. The summed E-state index contributed by atoms with van der Waals surface area (Å²) in [6.45, 7) is 8.77. The topological polar surface area (TPSA) is 84.1 Å². The number of hydrogen-bond acceptors (Lipinski definition) is 4. The number of aryl methyl sites for hydroxylation is 2. The van der Waals surface area contributed by atoms with Crippen molar-refractivity contribution in [2.45, 2.75) is 40.7 Å². The Bertz CT molecular complexity index is 978. The van der Waals surface area contributed by atoms with Gasteiger partial charge >= 0.3 is 5.97 Å². The molecule has 0 radical (unpaired) electrons. The quantitative estimate of drug-likeness (QED) is 0.464. The number of methoxy groups -OCH3 is 1. The molecule has 0 saturated heterocycles. The molecule has 1 amide bonds. The van der Waals surface area contributed by atoms with Crippen LogP contribution < -0.4 is 5.32 Å². The summed E-state index contributed by atoms with van der Waals surface area (Å²) in [5.74, 6) is -0.933. The zero-order valence-corrected chi connectivity index (χ0v) is 16.9. The maximum atomic E-state index is 12.6. The number of aromatic nitrogens is 1. The molecule has 146 valence electrons. The first-order valence-electron chi connectivity index (χ1n) is 9.11. The van der Waals surface area contributed by atoms with Crippen LogP contribution in [0.3, 0.4) is 0 Å². The molecule has 0 aliphatic heterocycles. The summed E-state index contributed by atoms with van der Waals surface area (Å²) in [6.07, 6.45) is 2.62. The Balaban J connectivity index is 2.28. The Labute approximate surface area is 165 Å². The number of esters is 1. The third-order valence-electron chi connectivity index (χ3n) is 4.62. The summed E-state index contributed by atoms with van der Waals surface area (Å²) < 4.78 is 6.87. The molecule has 0 spiro atoms. The first-order chi connectivity index (χ1) is 13.3. The molecule has 1 heterocycles. The molecule has 1 N–H and O–H groups in total. The van der Waals surface area contributed by atoms with Crippen LogP contribution in [-0.2, 0) is 16.1 Å². The van der Waals surface area contributed by atoms with Gasteiger partial charge in [0.25, 0.3) is 5.91 Å². The maximum Gasteiger partial charge on any atom is 0.337 e. The molecule has 0 fully saturated rings. The van der Waals surface area contributed by atoms with Crippen molar-refractivity contribution in [1.29, 1.82) is 5.26 Å². The van der Waals surface area contributed by atoms with Crippen LogP contribution in [0.15, 0.2) is 29.8 Å². The van der Waals surface area contributed by atoms with E-state index in [0.29, 0.717) is 16.8 Å². The summed E-state index contributed by atoms with van der Waals surface area (Å²) in [4.78, 5) is 24.2. The van der Waals surface area contributed by atoms with Crippen LogP contribution in [-0.4, -0.2) is 23.6 Å². The number of nitrogens with one attached hydrogen (secondary N) is 1. The number of benzene rings is 1. The van der Waals surface area contributed by atoms with Crippen molar-refractivity contribution in [3.63, 3.8) is 0 Å². The van der Waals surface area contributed by atoms with Crippen LogP contribution in [0.4, 0.5) is 5.69 Å². The van der Waals surface area contributed by atoms with Gasteiger partial charge in [0.05, 0.1) is 12.7 Å². The molecule has 6 heteroatoms. The van der Waals surface area contributed by atoms with Crippen molar-refractivity contribution in [2.24, 2.45) is 0 Å². The number of nitriles is 1. The van der Waals surface area contributed by atoms with E-state index in [1.807, 2.05) is 26.0 Å². The van der Waals surface area contributed by atoms with Gasteiger partial charge in [0, 0.05) is 23.6 Å². The van der Waals surface area contributed by atoms with Crippen molar-refractivity contribution >= 4 is 23.6 Å². The van der Waals surface area contributed by atoms with Crippen LogP contribution >= 0.6 is 0 Å². The molecule has 6 nitrogen and oxygen atoms in total. The third kappa shape index (κ3) is 4.49. The number of amides is 1. The largest absolute Gasteiger partial charge is 0.465 e. The Morgan fingerprint density at radius 3 is 2.54 bits per heavy atom. The predicted molar refractivity (Wildman–Crippen MR) is 109 cm³/mol. The number of hydrogen-bond donors (Lipinski definition) is 1. The minimum atomic E-state index is -0.489. The van der Waals surface area contributed by atoms with E-state index in [1.54, 1.807) is 31.2 Å². The molecule has 0 atom stereocenters. The number of nitrogens with zero attached hydrogens (tertiary/aromatic N) is 2. The molecule has 0 saturated carbocycles. The van der Waals surface area contributed by atoms with Gasteiger partial charge in [-0.15, -0.1) is 0 Å². The summed E-state index contributed by atoms with van der Waals surface area (Å²) in [5, 5.41) is 12.2. The fraction of sp³-hybridized carbons (Fsp3) is 0.318. The van der Waals surface area contributed by atoms with Crippen LogP contribution in [0.25, 0.3) is 6.08 Å². The number of anilines is 1. The van der Waals surface area contributed by atoms with Crippen molar-refractivity contribution in [1.82, 2.24) is 4.57 Å². The fourth-order valence-electron chi connectivity index (χ4n) is 3.08. The van der Waals surface area contributed by atoms with Crippen molar-refractivity contribution in [3.05, 3.63) is 57.9 Å². The lowest BCUT2D eigenvalue weighted by Gasteiger charge is -2.09. The molecule has 1 aromatic heterocycles. The van der Waals surface area contributed by atoms with Gasteiger partial charge in [-0.3, -0.25) is 4.79 Å². The average molecular weight is 379 g/mol. The Morgan fingerprint density at radius 2 is 1.96 bits per heavy atom. The number of ether oxygens (including phenoxy) is 1. The van der Waals surface area contributed by atoms with Gasteiger partial charge < -0.3 is 14.6 Å². The third-order valence-corrected chi connectivity index (χ3v) is 4.62. The minimum absolute atomic E-state index is 0.0215. The van der Waals surface area contributed by atoms with Gasteiger partial charge in [-0.05, 0) is 68.7 Å². The lowest BCUT2D eigenvalue weighted by molar-refractivity contribution is -0.112. The fourth-order valence-corrected chi connectivity index (χ4v) is 3.08. The maximum absolute atomic E-state index is 12.6. The Morgan fingerprint density at radius 1 is 1.25 bits per heavy atom. The Kier molecular flexibility index (Phi) is 6.78. The molecule has 0 aliphatic rings. The van der Waals surface area contributed by atoms with Gasteiger partial charge in [-0.25, -0.2) is 4.79 Å². The van der Waals surface area contributed by atoms with E-state index in [0.717, 1.165) is 29.9 Å². The molecule has 0 bridgehead atoms. The lowest BCUT2D eigenvalue weighted by atomic mass is 10.1. The second-order valence-corrected chi connectivity index (χ2v) is 6.62. The molecule has 0 aliphatic carbocycles. The smallest absolute Gasteiger partial charge is 0.337 e. The number of carbonyl (C=O) groups is 2. The Hall–Kier alpha value is -3.33. The standard InChI is InChI=1S/C22H25N3O3/c1-6-9-25-15(3)11-18(16(25)4)12-19(13-23)21(26)24-20-8-7-17(10-14(20)2)22(27)28-5/h7-8,10-12H,6,9H2,1-5H3,(H,24,26)/b19-12+. The van der Waals surface area contributed by atoms with E-state index in [1.165, 1.54) is 7.11 Å². The van der Waals surface area contributed by atoms with Crippen LogP contribution in [0, 0.1) is 32.1 Å². The highest BCUT2D eigenvalue weighted by Crippen LogP contribution is 2.21. The van der Waals surface area contributed by atoms with Gasteiger partial charge in [0.15, 0.2) is 0 Å². The zero-order chi connectivity index (χ0) is 20.8. The first kappa shape index (κ1) is 21.0. The van der Waals surface area contributed by atoms with Gasteiger partial charge in [0.2, 0.25) is 0 Å². The summed E-state index contributed by atoms with van der Waals surface area (Å²) in [5.41, 5.74) is 4.64. The summed E-state index contributed by atoms with van der Waals surface area (Å²) in [6, 6.07) is 8.79. The normalized spacial score (nSPS) is 11.1. The molecule has 28 heavy (non-hydrogen) atoms. The van der Waals surface area contributed by atoms with E-state index in [-0.39, 0.29) is 5.57 Å². The summed E-state index contributed by atoms with van der Waals surface area (Å²) >= 11 is 0. The second-order valence-electron chi connectivity index (χ2n) is 6.62. The molecule has 2 rings (SSSR count). The zero-order valence-electron chi connectivity index (χ0n) is 16.9. The van der Waals surface area contributed by atoms with E-state index < -0.39 is 11.9 Å². The van der Waals surface area contributed by atoms with Gasteiger partial charge in [-0.2, -0.15) is 5.26 Å². The minimum Gasteiger partial charge on any atom is -0.465 e. The van der Waals surface area contributed by atoms with E-state index in [9.17, 15) is 14.9 Å². The van der Waals surface area contributed by atoms with Crippen molar-refractivity contribution in [3.8, 4) is 6.07 Å². The van der Waals surface area contributed by atoms with Crippen LogP contribution in [0.5, 0.6) is 0 Å². The second kappa shape index (κ2) is 9.05. The molecule has 0 unspecified atom stereocenters. The monoisotopic (exact) mass is 379 g/mol. The highest BCUT2D eigenvalue weighted by Gasteiger charge is 2.15.